The van der Waals surface area contributed by atoms with Crippen LogP contribution in [0.25, 0.3) is 5.57 Å². The minimum absolute atomic E-state index is 0.0487. The van der Waals surface area contributed by atoms with E-state index in [9.17, 15) is 10.1 Å². The number of allylic oxidation sites excluding steroid dienone is 5. The standard InChI is InChI=1S/C21H21N5O2/c1-4-22-14-19-24-20(16-8-6-10-18(12-11-16)26(27)28)21(25(19)3)23-17-9-5-7-15(2)13-17/h4-7,9-14,23H,1,8H2,2-3H3. The number of nitrogens with zero attached hydrogens (tertiary/aromatic N) is 4. The molecule has 28 heavy (non-hydrogen) atoms. The Kier molecular flexibility index (Phi) is 5.64. The van der Waals surface area contributed by atoms with Crippen molar-refractivity contribution in [2.75, 3.05) is 5.32 Å². The number of hydrogen-bond acceptors (Lipinski definition) is 5. The van der Waals surface area contributed by atoms with Gasteiger partial charge in [0.05, 0.1) is 11.1 Å². The second-order valence-electron chi connectivity index (χ2n) is 6.33. The SMILES string of the molecule is C=CN=Cc1nc(C2=CC=C([N+](=O)[O-])C=CC2)c(Nc2cccc(C)c2)n1C. The molecule has 0 amide bonds. The van der Waals surface area contributed by atoms with E-state index in [0.29, 0.717) is 12.2 Å². The van der Waals surface area contributed by atoms with E-state index in [1.165, 1.54) is 18.4 Å². The number of nitro groups is 1. The lowest BCUT2D eigenvalue weighted by molar-refractivity contribution is -0.419. The molecule has 142 valence electrons. The van der Waals surface area contributed by atoms with Crippen LogP contribution in [0.3, 0.4) is 0 Å². The molecule has 0 spiro atoms. The molecule has 3 rings (SSSR count). The molecule has 1 aliphatic rings. The summed E-state index contributed by atoms with van der Waals surface area (Å²) in [7, 11) is 1.89. The number of benzene rings is 1. The molecule has 0 atom stereocenters. The van der Waals surface area contributed by atoms with E-state index in [1.807, 2.05) is 42.8 Å². The summed E-state index contributed by atoms with van der Waals surface area (Å²) < 4.78 is 1.90. The van der Waals surface area contributed by atoms with Gasteiger partial charge < -0.3 is 9.88 Å². The fourth-order valence-electron chi connectivity index (χ4n) is 2.89. The Balaban J connectivity index is 2.09. The Hall–Kier alpha value is -3.74. The molecule has 0 saturated heterocycles. The van der Waals surface area contributed by atoms with E-state index >= 15 is 0 Å². The van der Waals surface area contributed by atoms with Gasteiger partial charge in [0.1, 0.15) is 11.5 Å². The highest BCUT2D eigenvalue weighted by Crippen LogP contribution is 2.30. The van der Waals surface area contributed by atoms with E-state index in [1.54, 1.807) is 18.4 Å². The molecule has 0 radical (unpaired) electrons. The number of anilines is 2. The van der Waals surface area contributed by atoms with Crippen molar-refractivity contribution in [3.63, 3.8) is 0 Å². The van der Waals surface area contributed by atoms with Crippen LogP contribution in [-0.2, 0) is 7.05 Å². The predicted molar refractivity (Wildman–Crippen MR) is 112 cm³/mol. The van der Waals surface area contributed by atoms with Gasteiger partial charge in [0, 0.05) is 31.1 Å². The molecular formula is C21H21N5O2. The van der Waals surface area contributed by atoms with Crippen molar-refractivity contribution < 1.29 is 4.92 Å². The fraction of sp³-hybridized carbons (Fsp3) is 0.143. The van der Waals surface area contributed by atoms with Gasteiger partial charge in [-0.25, -0.2) is 4.98 Å². The topological polar surface area (TPSA) is 85.3 Å². The van der Waals surface area contributed by atoms with Gasteiger partial charge in [-0.15, -0.1) is 0 Å². The first kappa shape index (κ1) is 19.0. The molecular weight excluding hydrogens is 354 g/mol. The van der Waals surface area contributed by atoms with Gasteiger partial charge in [-0.2, -0.15) is 0 Å². The molecule has 1 aliphatic carbocycles. The van der Waals surface area contributed by atoms with Gasteiger partial charge in [0.25, 0.3) is 5.70 Å². The van der Waals surface area contributed by atoms with Crippen molar-refractivity contribution in [1.82, 2.24) is 9.55 Å². The molecule has 0 bridgehead atoms. The monoisotopic (exact) mass is 375 g/mol. The molecule has 1 aromatic carbocycles. The zero-order valence-electron chi connectivity index (χ0n) is 15.8. The first-order chi connectivity index (χ1) is 13.5. The number of aliphatic imine (C=N–C) groups is 1. The largest absolute Gasteiger partial charge is 0.340 e. The Morgan fingerprint density at radius 2 is 2.21 bits per heavy atom. The third kappa shape index (κ3) is 4.15. The van der Waals surface area contributed by atoms with Crippen molar-refractivity contribution >= 4 is 23.3 Å². The number of aryl methyl sites for hydroxylation is 1. The van der Waals surface area contributed by atoms with Crippen molar-refractivity contribution in [1.29, 1.82) is 0 Å². The van der Waals surface area contributed by atoms with E-state index in [4.69, 9.17) is 4.98 Å². The summed E-state index contributed by atoms with van der Waals surface area (Å²) in [6.45, 7) is 5.62. The summed E-state index contributed by atoms with van der Waals surface area (Å²) in [6, 6.07) is 8.03. The molecule has 7 heteroatoms. The summed E-state index contributed by atoms with van der Waals surface area (Å²) in [5, 5.41) is 14.5. The Morgan fingerprint density at radius 3 is 2.93 bits per heavy atom. The van der Waals surface area contributed by atoms with Crippen molar-refractivity contribution in [2.45, 2.75) is 13.3 Å². The maximum atomic E-state index is 11.1. The molecule has 0 unspecified atom stereocenters. The summed E-state index contributed by atoms with van der Waals surface area (Å²) in [4.78, 5) is 19.4. The van der Waals surface area contributed by atoms with Crippen molar-refractivity contribution in [2.24, 2.45) is 12.0 Å². The fourth-order valence-corrected chi connectivity index (χ4v) is 2.89. The van der Waals surface area contributed by atoms with Crippen LogP contribution in [0.5, 0.6) is 0 Å². The van der Waals surface area contributed by atoms with E-state index in [0.717, 1.165) is 28.3 Å². The Bertz CT molecular complexity index is 1040. The van der Waals surface area contributed by atoms with Gasteiger partial charge in [-0.3, -0.25) is 15.1 Å². The average Bonchev–Trinajstić information content (AvgIpc) is 2.85. The van der Waals surface area contributed by atoms with Crippen molar-refractivity contribution in [3.05, 3.63) is 94.2 Å². The summed E-state index contributed by atoms with van der Waals surface area (Å²) >= 11 is 0. The molecule has 0 saturated carbocycles. The molecule has 2 aromatic rings. The van der Waals surface area contributed by atoms with Crippen LogP contribution in [0.4, 0.5) is 11.5 Å². The smallest absolute Gasteiger partial charge is 0.269 e. The number of imidazole rings is 1. The van der Waals surface area contributed by atoms with Crippen molar-refractivity contribution in [3.8, 4) is 0 Å². The quantitative estimate of drug-likeness (QED) is 0.456. The molecule has 1 heterocycles. The predicted octanol–water partition coefficient (Wildman–Crippen LogP) is 4.54. The second kappa shape index (κ2) is 8.30. The molecule has 1 N–H and O–H groups in total. The summed E-state index contributed by atoms with van der Waals surface area (Å²) in [5.41, 5.74) is 3.71. The second-order valence-corrected chi connectivity index (χ2v) is 6.33. The summed E-state index contributed by atoms with van der Waals surface area (Å²) in [6.07, 6.45) is 10.1. The van der Waals surface area contributed by atoms with Crippen LogP contribution < -0.4 is 5.32 Å². The third-order valence-electron chi connectivity index (χ3n) is 4.30. The lowest BCUT2D eigenvalue weighted by Crippen LogP contribution is -2.02. The van der Waals surface area contributed by atoms with Crippen LogP contribution in [0, 0.1) is 17.0 Å². The van der Waals surface area contributed by atoms with E-state index in [-0.39, 0.29) is 5.70 Å². The minimum Gasteiger partial charge on any atom is -0.340 e. The number of hydrogen-bond donors (Lipinski definition) is 1. The van der Waals surface area contributed by atoms with Gasteiger partial charge in [-0.1, -0.05) is 24.8 Å². The first-order valence-electron chi connectivity index (χ1n) is 8.76. The lowest BCUT2D eigenvalue weighted by atomic mass is 10.1. The van der Waals surface area contributed by atoms with Gasteiger partial charge in [0.15, 0.2) is 5.82 Å². The third-order valence-corrected chi connectivity index (χ3v) is 4.30. The first-order valence-corrected chi connectivity index (χ1v) is 8.76. The Labute approximate surface area is 163 Å². The summed E-state index contributed by atoms with van der Waals surface area (Å²) in [5.74, 6) is 1.44. The maximum Gasteiger partial charge on any atom is 0.269 e. The van der Waals surface area contributed by atoms with Crippen LogP contribution in [-0.4, -0.2) is 20.7 Å². The van der Waals surface area contributed by atoms with Crippen LogP contribution >= 0.6 is 0 Å². The van der Waals surface area contributed by atoms with Gasteiger partial charge in [-0.05, 0) is 42.7 Å². The lowest BCUT2D eigenvalue weighted by Gasteiger charge is -2.11. The zero-order chi connectivity index (χ0) is 20.1. The average molecular weight is 375 g/mol. The van der Waals surface area contributed by atoms with Crippen LogP contribution in [0.2, 0.25) is 0 Å². The number of nitrogens with one attached hydrogen (secondary N) is 1. The van der Waals surface area contributed by atoms with Gasteiger partial charge in [0.2, 0.25) is 0 Å². The van der Waals surface area contributed by atoms with Gasteiger partial charge >= 0.3 is 0 Å². The number of rotatable bonds is 6. The molecule has 1 aromatic heterocycles. The highest BCUT2D eigenvalue weighted by Gasteiger charge is 2.19. The number of aromatic nitrogens is 2. The van der Waals surface area contributed by atoms with Crippen LogP contribution in [0.15, 0.2) is 72.0 Å². The zero-order valence-corrected chi connectivity index (χ0v) is 15.8. The normalized spacial score (nSPS) is 13.8. The molecule has 0 fully saturated rings. The van der Waals surface area contributed by atoms with Crippen LogP contribution in [0.1, 0.15) is 23.5 Å². The molecule has 7 nitrogen and oxygen atoms in total. The maximum absolute atomic E-state index is 11.1. The van der Waals surface area contributed by atoms with E-state index < -0.39 is 4.92 Å². The molecule has 0 aliphatic heterocycles. The highest BCUT2D eigenvalue weighted by molar-refractivity contribution is 5.83. The Morgan fingerprint density at radius 1 is 1.39 bits per heavy atom. The van der Waals surface area contributed by atoms with E-state index in [2.05, 4.69) is 16.9 Å². The minimum atomic E-state index is -0.400. The highest BCUT2D eigenvalue weighted by atomic mass is 16.6.